The van der Waals surface area contributed by atoms with Crippen LogP contribution in [0.5, 0.6) is 5.75 Å². The van der Waals surface area contributed by atoms with Crippen LogP contribution < -0.4 is 10.1 Å². The van der Waals surface area contributed by atoms with Crippen LogP contribution >= 0.6 is 0 Å². The van der Waals surface area contributed by atoms with Crippen molar-refractivity contribution < 1.29 is 23.7 Å². The second kappa shape index (κ2) is 16.5. The Labute approximate surface area is 163 Å². The van der Waals surface area contributed by atoms with Gasteiger partial charge in [-0.3, -0.25) is 4.79 Å². The molecule has 0 atom stereocenters. The van der Waals surface area contributed by atoms with Crippen LogP contribution in [0.25, 0.3) is 0 Å². The highest BCUT2D eigenvalue weighted by Crippen LogP contribution is 2.15. The summed E-state index contributed by atoms with van der Waals surface area (Å²) in [6, 6.07) is 7.91. The number of unbranched alkanes of at least 4 members (excludes halogenated alkanes) is 1. The van der Waals surface area contributed by atoms with Crippen LogP contribution in [0.4, 0.5) is 5.69 Å². The van der Waals surface area contributed by atoms with Crippen molar-refractivity contribution in [2.75, 3.05) is 58.6 Å². The van der Waals surface area contributed by atoms with Gasteiger partial charge in [0.2, 0.25) is 0 Å². The molecule has 0 saturated carbocycles. The Kier molecular flexibility index (Phi) is 14.3. The summed E-state index contributed by atoms with van der Waals surface area (Å²) in [6.45, 7) is 6.19. The molecule has 0 aliphatic heterocycles. The molecule has 1 N–H and O–H groups in total. The minimum Gasteiger partial charge on any atom is -0.494 e. The lowest BCUT2D eigenvalue weighted by Crippen LogP contribution is -2.09. The zero-order valence-electron chi connectivity index (χ0n) is 16.8. The van der Waals surface area contributed by atoms with Crippen LogP contribution in [-0.4, -0.2) is 59.1 Å². The molecule has 0 spiro atoms. The first-order chi connectivity index (χ1) is 13.3. The monoisotopic (exact) mass is 381 g/mol. The fourth-order valence-corrected chi connectivity index (χ4v) is 2.23. The zero-order chi connectivity index (χ0) is 19.6. The smallest absolute Gasteiger partial charge is 0.158 e. The van der Waals surface area contributed by atoms with Crippen molar-refractivity contribution in [3.05, 3.63) is 24.3 Å². The fourth-order valence-electron chi connectivity index (χ4n) is 2.23. The molecule has 6 nitrogen and oxygen atoms in total. The number of benzene rings is 1. The molecule has 1 rings (SSSR count). The summed E-state index contributed by atoms with van der Waals surface area (Å²) in [5.41, 5.74) is 1.08. The number of Topliss-reactive ketones (excluding diaryl/α,β-unsaturated/α-hetero) is 1. The van der Waals surface area contributed by atoms with Crippen molar-refractivity contribution in [2.24, 2.45) is 0 Å². The van der Waals surface area contributed by atoms with E-state index < -0.39 is 0 Å². The molecule has 0 saturated heterocycles. The second-order valence-corrected chi connectivity index (χ2v) is 6.21. The van der Waals surface area contributed by atoms with Crippen LogP contribution in [0.3, 0.4) is 0 Å². The van der Waals surface area contributed by atoms with Crippen molar-refractivity contribution in [2.45, 2.75) is 39.0 Å². The number of ether oxygens (including phenoxy) is 4. The Balaban J connectivity index is 1.78. The van der Waals surface area contributed by atoms with E-state index in [1.54, 1.807) is 0 Å². The summed E-state index contributed by atoms with van der Waals surface area (Å²) in [5.74, 6) is 1.03. The topological polar surface area (TPSA) is 66.0 Å². The number of hydrogen-bond donors (Lipinski definition) is 1. The first-order valence-electron chi connectivity index (χ1n) is 9.91. The fraction of sp³-hybridized carbons (Fsp3) is 0.667. The van der Waals surface area contributed by atoms with Crippen LogP contribution in [-0.2, 0) is 19.0 Å². The Bertz CT molecular complexity index is 478. The van der Waals surface area contributed by atoms with E-state index in [0.717, 1.165) is 50.3 Å². The number of rotatable bonds is 18. The van der Waals surface area contributed by atoms with Gasteiger partial charge < -0.3 is 24.3 Å². The molecule has 6 heteroatoms. The second-order valence-electron chi connectivity index (χ2n) is 6.21. The Morgan fingerprint density at radius 1 is 0.815 bits per heavy atom. The number of ketones is 1. The van der Waals surface area contributed by atoms with Gasteiger partial charge in [-0.25, -0.2) is 0 Å². The highest BCUT2D eigenvalue weighted by Gasteiger charge is 1.98. The third-order valence-corrected chi connectivity index (χ3v) is 3.91. The largest absolute Gasteiger partial charge is 0.494 e. The maximum Gasteiger partial charge on any atom is 0.158 e. The lowest BCUT2D eigenvalue weighted by molar-refractivity contribution is -0.123. The van der Waals surface area contributed by atoms with Gasteiger partial charge in [-0.2, -0.15) is 0 Å². The van der Waals surface area contributed by atoms with E-state index in [-0.39, 0.29) is 12.4 Å². The van der Waals surface area contributed by atoms with Gasteiger partial charge in [-0.05, 0) is 43.5 Å². The molecule has 1 aromatic rings. The SMILES string of the molecule is CCC(=O)COCCCOCCCCOCCCOc1ccc(NC)cc1. The van der Waals surface area contributed by atoms with Crippen molar-refractivity contribution in [1.82, 2.24) is 0 Å². The van der Waals surface area contributed by atoms with E-state index >= 15 is 0 Å². The van der Waals surface area contributed by atoms with Crippen molar-refractivity contribution in [3.8, 4) is 5.75 Å². The number of nitrogens with one attached hydrogen (secondary N) is 1. The van der Waals surface area contributed by atoms with E-state index in [0.29, 0.717) is 32.8 Å². The molecule has 0 aliphatic rings. The van der Waals surface area contributed by atoms with Crippen molar-refractivity contribution in [3.63, 3.8) is 0 Å². The summed E-state index contributed by atoms with van der Waals surface area (Å²) in [4.78, 5) is 11.0. The minimum absolute atomic E-state index is 0.144. The predicted octanol–water partition coefficient (Wildman–Crippen LogP) is 3.70. The maximum absolute atomic E-state index is 11.0. The molecule has 0 fully saturated rings. The van der Waals surface area contributed by atoms with E-state index in [2.05, 4.69) is 5.32 Å². The third kappa shape index (κ3) is 13.2. The quantitative estimate of drug-likeness (QED) is 0.391. The Morgan fingerprint density at radius 2 is 1.37 bits per heavy atom. The van der Waals surface area contributed by atoms with Gasteiger partial charge >= 0.3 is 0 Å². The summed E-state index contributed by atoms with van der Waals surface area (Å²) >= 11 is 0. The molecule has 0 aliphatic carbocycles. The molecule has 154 valence electrons. The summed E-state index contributed by atoms with van der Waals surface area (Å²) in [7, 11) is 1.90. The van der Waals surface area contributed by atoms with Crippen LogP contribution in [0.15, 0.2) is 24.3 Å². The van der Waals surface area contributed by atoms with Gasteiger partial charge in [0.15, 0.2) is 5.78 Å². The van der Waals surface area contributed by atoms with Gasteiger partial charge in [0.25, 0.3) is 0 Å². The highest BCUT2D eigenvalue weighted by molar-refractivity contribution is 5.79. The Morgan fingerprint density at radius 3 is 1.96 bits per heavy atom. The normalized spacial score (nSPS) is 10.7. The number of carbonyl (C=O) groups excluding carboxylic acids is 1. The maximum atomic E-state index is 11.0. The molecule has 0 unspecified atom stereocenters. The molecular weight excluding hydrogens is 346 g/mol. The van der Waals surface area contributed by atoms with Gasteiger partial charge in [-0.1, -0.05) is 6.92 Å². The molecule has 0 heterocycles. The van der Waals surface area contributed by atoms with Gasteiger partial charge in [0, 0.05) is 58.6 Å². The summed E-state index contributed by atoms with van der Waals surface area (Å²) in [6.07, 6.45) is 4.23. The first kappa shape index (κ1) is 23.4. The lowest BCUT2D eigenvalue weighted by Gasteiger charge is -2.08. The zero-order valence-corrected chi connectivity index (χ0v) is 16.8. The standard InChI is InChI=1S/C21H35NO5/c1-3-20(23)18-26-16-6-14-24-12-4-5-13-25-15-7-17-27-21-10-8-19(22-2)9-11-21/h8-11,22H,3-7,12-18H2,1-2H3. The third-order valence-electron chi connectivity index (χ3n) is 3.91. The van der Waals surface area contributed by atoms with Crippen molar-refractivity contribution >= 4 is 11.5 Å². The minimum atomic E-state index is 0.144. The molecule has 27 heavy (non-hydrogen) atoms. The average molecular weight is 382 g/mol. The highest BCUT2D eigenvalue weighted by atomic mass is 16.5. The average Bonchev–Trinajstić information content (AvgIpc) is 2.71. The van der Waals surface area contributed by atoms with Gasteiger partial charge in [0.05, 0.1) is 6.61 Å². The molecule has 0 bridgehead atoms. The first-order valence-corrected chi connectivity index (χ1v) is 9.91. The predicted molar refractivity (Wildman–Crippen MR) is 108 cm³/mol. The number of hydrogen-bond acceptors (Lipinski definition) is 6. The number of carbonyl (C=O) groups is 1. The van der Waals surface area contributed by atoms with Crippen LogP contribution in [0.1, 0.15) is 39.0 Å². The van der Waals surface area contributed by atoms with Crippen LogP contribution in [0.2, 0.25) is 0 Å². The number of anilines is 1. The van der Waals surface area contributed by atoms with Gasteiger partial charge in [0.1, 0.15) is 12.4 Å². The van der Waals surface area contributed by atoms with Crippen LogP contribution in [0, 0.1) is 0 Å². The molecule has 0 radical (unpaired) electrons. The summed E-state index contributed by atoms with van der Waals surface area (Å²) in [5, 5.41) is 3.08. The van der Waals surface area contributed by atoms with E-state index in [4.69, 9.17) is 18.9 Å². The lowest BCUT2D eigenvalue weighted by atomic mass is 10.3. The van der Waals surface area contributed by atoms with Crippen molar-refractivity contribution in [1.29, 1.82) is 0 Å². The van der Waals surface area contributed by atoms with E-state index in [9.17, 15) is 4.79 Å². The summed E-state index contributed by atoms with van der Waals surface area (Å²) < 4.78 is 22.1. The molecule has 0 aromatic heterocycles. The molecular formula is C21H35NO5. The molecule has 0 amide bonds. The Hall–Kier alpha value is -1.63. The molecule has 1 aromatic carbocycles. The van der Waals surface area contributed by atoms with Gasteiger partial charge in [-0.15, -0.1) is 0 Å². The van der Waals surface area contributed by atoms with E-state index in [1.807, 2.05) is 38.2 Å². The van der Waals surface area contributed by atoms with E-state index in [1.165, 1.54) is 0 Å².